The molecule has 0 aromatic heterocycles. The van der Waals surface area contributed by atoms with E-state index in [-0.39, 0.29) is 0 Å². The van der Waals surface area contributed by atoms with Crippen molar-refractivity contribution >= 4 is 29.1 Å². The third-order valence-electron chi connectivity index (χ3n) is 1.78. The van der Waals surface area contributed by atoms with Crippen LogP contribution in [0.1, 0.15) is 0 Å². The summed E-state index contributed by atoms with van der Waals surface area (Å²) in [6.07, 6.45) is -0.907. The van der Waals surface area contributed by atoms with E-state index in [1.165, 1.54) is 0 Å². The van der Waals surface area contributed by atoms with Crippen LogP contribution in [0.25, 0.3) is 0 Å². The lowest BCUT2D eigenvalue weighted by molar-refractivity contribution is 1.79. The lowest BCUT2D eigenvalue weighted by Gasteiger charge is -2.28. The second-order valence-electron chi connectivity index (χ2n) is 3.72. The SMILES string of the molecule is C[Si](C)(C)[Si](C)(C)Br. The van der Waals surface area contributed by atoms with Gasteiger partial charge in [0, 0.05) is 0 Å². The molecule has 0 bridgehead atoms. The van der Waals surface area contributed by atoms with Crippen LogP contribution in [0, 0.1) is 0 Å². The zero-order valence-electron chi connectivity index (χ0n) is 6.38. The van der Waals surface area contributed by atoms with E-state index in [0.717, 1.165) is 0 Å². The molecule has 0 N–H and O–H groups in total. The van der Waals surface area contributed by atoms with Gasteiger partial charge in [-0.05, 0) is 0 Å². The van der Waals surface area contributed by atoms with Gasteiger partial charge in [0.15, 0.2) is 0 Å². The molecule has 3 heteroatoms. The van der Waals surface area contributed by atoms with Crippen molar-refractivity contribution in [1.29, 1.82) is 0 Å². The highest BCUT2D eigenvalue weighted by atomic mass is 79.9. The second kappa shape index (κ2) is 2.27. The Kier molecular flexibility index (Phi) is 2.53. The molecule has 0 fully saturated rings. The fourth-order valence-corrected chi connectivity index (χ4v) is 0. The molecule has 0 spiro atoms. The summed E-state index contributed by atoms with van der Waals surface area (Å²) in [7, 11) is -0.803. The molecule has 0 aromatic rings. The average Bonchev–Trinajstić information content (AvgIpc) is 1.25. The van der Waals surface area contributed by atoms with Crippen LogP contribution < -0.4 is 0 Å². The second-order valence-corrected chi connectivity index (χ2v) is 27.6. The van der Waals surface area contributed by atoms with E-state index in [4.69, 9.17) is 0 Å². The first-order chi connectivity index (χ1) is 3.25. The van der Waals surface area contributed by atoms with Gasteiger partial charge in [0.2, 0.25) is 0 Å². The Morgan fingerprint density at radius 3 is 1.00 bits per heavy atom. The number of halogens is 1. The lowest BCUT2D eigenvalue weighted by atomic mass is 11.8. The van der Waals surface area contributed by atoms with Crippen LogP contribution in [0.2, 0.25) is 32.7 Å². The van der Waals surface area contributed by atoms with Gasteiger partial charge in [-0.25, -0.2) is 0 Å². The van der Waals surface area contributed by atoms with E-state index in [1.54, 1.807) is 0 Å². The first-order valence-electron chi connectivity index (χ1n) is 2.94. The molecule has 0 rings (SSSR count). The molecule has 0 unspecified atom stereocenters. The highest BCUT2D eigenvalue weighted by Gasteiger charge is 2.33. The predicted molar refractivity (Wildman–Crippen MR) is 49.8 cm³/mol. The van der Waals surface area contributed by atoms with Crippen LogP contribution in [-0.2, 0) is 0 Å². The van der Waals surface area contributed by atoms with E-state index in [0.29, 0.717) is 0 Å². The Bertz CT molecular complexity index is 65.4. The molecule has 50 valence electrons. The summed E-state index contributed by atoms with van der Waals surface area (Å²) < 4.78 is 0. The van der Waals surface area contributed by atoms with Gasteiger partial charge < -0.3 is 0 Å². The standard InChI is InChI=1S/C5H15BrSi2/c1-7(2,3)8(4,5)6/h1-5H3. The zero-order chi connectivity index (χ0) is 7.00. The van der Waals surface area contributed by atoms with Crippen molar-refractivity contribution in [1.82, 2.24) is 0 Å². The summed E-state index contributed by atoms with van der Waals surface area (Å²) in [5.74, 6) is 0. The highest BCUT2D eigenvalue weighted by molar-refractivity contribution is 9.27. The fraction of sp³-hybridized carbons (Fsp3) is 1.00. The molecule has 8 heavy (non-hydrogen) atoms. The maximum absolute atomic E-state index is 3.80. The first kappa shape index (κ1) is 8.91. The molecule has 0 saturated heterocycles. The molecule has 0 amide bonds. The van der Waals surface area contributed by atoms with Gasteiger partial charge in [-0.3, -0.25) is 0 Å². The van der Waals surface area contributed by atoms with Crippen LogP contribution in [0.4, 0.5) is 0 Å². The topological polar surface area (TPSA) is 0 Å². The van der Waals surface area contributed by atoms with Gasteiger partial charge in [-0.1, -0.05) is 32.7 Å². The summed E-state index contributed by atoms with van der Waals surface area (Å²) in [5, 5.41) is 0. The maximum atomic E-state index is 3.80. The molecule has 0 aliphatic rings. The number of hydrogen-bond donors (Lipinski definition) is 0. The van der Waals surface area contributed by atoms with Crippen molar-refractivity contribution in [2.75, 3.05) is 0 Å². The molecule has 0 heterocycles. The molecule has 0 aliphatic carbocycles. The summed E-state index contributed by atoms with van der Waals surface area (Å²) in [6, 6.07) is 0. The third-order valence-corrected chi connectivity index (χ3v) is 26.8. The van der Waals surface area contributed by atoms with Crippen molar-refractivity contribution in [3.63, 3.8) is 0 Å². The highest BCUT2D eigenvalue weighted by Crippen LogP contribution is 2.23. The van der Waals surface area contributed by atoms with Crippen LogP contribution in [0.5, 0.6) is 0 Å². The Morgan fingerprint density at radius 2 is 1.00 bits per heavy atom. The molecule has 0 aromatic carbocycles. The van der Waals surface area contributed by atoms with Crippen molar-refractivity contribution in [2.24, 2.45) is 0 Å². The third kappa shape index (κ3) is 2.46. The normalized spacial score (nSPS) is 14.2. The number of rotatable bonds is 1. The Hall–Kier alpha value is 0.914. The molecule has 0 nitrogen and oxygen atoms in total. The molecule has 0 atom stereocenters. The lowest BCUT2D eigenvalue weighted by Crippen LogP contribution is -2.46. The van der Waals surface area contributed by atoms with Crippen LogP contribution >= 0.6 is 15.3 Å². The van der Waals surface area contributed by atoms with Crippen molar-refractivity contribution < 1.29 is 0 Å². The molecule has 0 radical (unpaired) electrons. The van der Waals surface area contributed by atoms with Gasteiger partial charge in [0.25, 0.3) is 0 Å². The quantitative estimate of drug-likeness (QED) is 0.462. The fourth-order valence-electron chi connectivity index (χ4n) is 0. The summed E-state index contributed by atoms with van der Waals surface area (Å²) in [4.78, 5) is 0. The van der Waals surface area contributed by atoms with Crippen LogP contribution in [-0.4, -0.2) is 13.8 Å². The predicted octanol–water partition coefficient (Wildman–Crippen LogP) is 3.00. The zero-order valence-corrected chi connectivity index (χ0v) is 9.96. The minimum atomic E-state index is -0.907. The Labute approximate surface area is 62.1 Å². The largest absolute Gasteiger partial charge is 0.130 e. The molecule has 0 saturated carbocycles. The van der Waals surface area contributed by atoms with E-state index >= 15 is 0 Å². The smallest absolute Gasteiger partial charge is 0.115 e. The summed E-state index contributed by atoms with van der Waals surface area (Å²) in [6.45, 7) is 12.0. The average molecular weight is 211 g/mol. The Balaban J connectivity index is 4.02. The van der Waals surface area contributed by atoms with Crippen molar-refractivity contribution in [3.05, 3.63) is 0 Å². The Morgan fingerprint density at radius 1 is 0.875 bits per heavy atom. The van der Waals surface area contributed by atoms with Gasteiger partial charge in [0.1, 0.15) is 6.21 Å². The summed E-state index contributed by atoms with van der Waals surface area (Å²) >= 11 is 3.80. The summed E-state index contributed by atoms with van der Waals surface area (Å²) in [5.41, 5.74) is 0. The number of hydrogen-bond acceptors (Lipinski definition) is 0. The van der Waals surface area contributed by atoms with E-state index in [1.807, 2.05) is 0 Å². The minimum Gasteiger partial charge on any atom is -0.130 e. The molecular weight excluding hydrogens is 196 g/mol. The van der Waals surface area contributed by atoms with E-state index in [9.17, 15) is 0 Å². The van der Waals surface area contributed by atoms with Gasteiger partial charge in [0.05, 0.1) is 7.59 Å². The van der Waals surface area contributed by atoms with Gasteiger partial charge in [-0.15, -0.1) is 15.3 Å². The van der Waals surface area contributed by atoms with Gasteiger partial charge in [-0.2, -0.15) is 0 Å². The molecule has 0 aliphatic heterocycles. The van der Waals surface area contributed by atoms with Crippen molar-refractivity contribution in [3.8, 4) is 0 Å². The maximum Gasteiger partial charge on any atom is 0.115 e. The molecular formula is C5H15BrSi2. The minimum absolute atomic E-state index is 0.803. The first-order valence-corrected chi connectivity index (χ1v) is 12.7. The van der Waals surface area contributed by atoms with Crippen LogP contribution in [0.15, 0.2) is 0 Å². The van der Waals surface area contributed by atoms with E-state index < -0.39 is 13.8 Å². The monoisotopic (exact) mass is 210 g/mol. The van der Waals surface area contributed by atoms with Crippen LogP contribution in [0.3, 0.4) is 0 Å². The van der Waals surface area contributed by atoms with Gasteiger partial charge >= 0.3 is 0 Å². The van der Waals surface area contributed by atoms with E-state index in [2.05, 4.69) is 48.0 Å². The van der Waals surface area contributed by atoms with Crippen molar-refractivity contribution in [2.45, 2.75) is 32.7 Å².